The minimum atomic E-state index is 1.22. The summed E-state index contributed by atoms with van der Waals surface area (Å²) in [6.07, 6.45) is 0. The molecule has 0 radical (unpaired) electrons. The summed E-state index contributed by atoms with van der Waals surface area (Å²) in [7, 11) is 0. The van der Waals surface area contributed by atoms with Crippen molar-refractivity contribution in [1.82, 2.24) is 0 Å². The molecular weight excluding hydrogens is 200 g/mol. The Morgan fingerprint density at radius 1 is 1.07 bits per heavy atom. The number of fused-ring (bicyclic) bond motifs is 3. The van der Waals surface area contributed by atoms with E-state index in [0.717, 1.165) is 0 Å². The van der Waals surface area contributed by atoms with E-state index in [4.69, 9.17) is 0 Å². The molecule has 0 fully saturated rings. The van der Waals surface area contributed by atoms with E-state index in [9.17, 15) is 0 Å². The van der Waals surface area contributed by atoms with Crippen molar-refractivity contribution in [1.29, 1.82) is 0 Å². The van der Waals surface area contributed by atoms with E-state index in [-0.39, 0.29) is 0 Å². The van der Waals surface area contributed by atoms with Crippen molar-refractivity contribution in [3.63, 3.8) is 0 Å². The first-order valence-electron chi connectivity index (χ1n) is 4.98. The van der Waals surface area contributed by atoms with E-state index in [2.05, 4.69) is 44.2 Å². The fourth-order valence-corrected chi connectivity index (χ4v) is 3.14. The van der Waals surface area contributed by atoms with Gasteiger partial charge in [-0.15, -0.1) is 11.3 Å². The van der Waals surface area contributed by atoms with Crippen molar-refractivity contribution < 1.29 is 0 Å². The van der Waals surface area contributed by atoms with Crippen LogP contribution in [-0.4, -0.2) is 0 Å². The maximum Gasteiger partial charge on any atom is 0.0510 e. The highest BCUT2D eigenvalue weighted by Crippen LogP contribution is 2.35. The van der Waals surface area contributed by atoms with Gasteiger partial charge in [0.2, 0.25) is 0 Å². The molecule has 1 aromatic heterocycles. The van der Waals surface area contributed by atoms with Gasteiger partial charge in [-0.1, -0.05) is 30.3 Å². The van der Waals surface area contributed by atoms with Gasteiger partial charge in [0, 0.05) is 14.8 Å². The topological polar surface area (TPSA) is 0 Å². The average molecular weight is 210 g/mol. The first kappa shape index (κ1) is 8.76. The second kappa shape index (κ2) is 2.98. The Hall–Kier alpha value is -1.52. The minimum Gasteiger partial charge on any atom is -0.134 e. The van der Waals surface area contributed by atoms with E-state index in [1.54, 1.807) is 0 Å². The zero-order chi connectivity index (χ0) is 10.4. The molecule has 0 aliphatic carbocycles. The predicted octanol–water partition coefficient (Wildman–Crippen LogP) is 4.27. The van der Waals surface area contributed by atoms with Gasteiger partial charge in [-0.05, 0) is 31.0 Å². The number of hydrogen-bond acceptors (Lipinski definition) is 1. The van der Waals surface area contributed by atoms with Crippen LogP contribution in [-0.2, 0) is 0 Å². The SMILES string of the molecule is Cc1cc#cc2c1sc1c(C)cccc12. The van der Waals surface area contributed by atoms with Crippen molar-refractivity contribution in [3.8, 4) is 0 Å². The van der Waals surface area contributed by atoms with Crippen LogP contribution in [0.5, 0.6) is 0 Å². The standard InChI is InChI=1S/C14H10S/c1-9-5-3-7-11-12-8-4-6-10(2)14(12)15-13(9)11/h3,5-7H,1-2H3. The summed E-state index contributed by atoms with van der Waals surface area (Å²) >= 11 is 1.86. The third kappa shape index (κ3) is 1.15. The van der Waals surface area contributed by atoms with Crippen LogP contribution in [0.1, 0.15) is 11.1 Å². The van der Waals surface area contributed by atoms with E-state index < -0.39 is 0 Å². The van der Waals surface area contributed by atoms with E-state index in [0.29, 0.717) is 0 Å². The number of benzene rings is 1. The summed E-state index contributed by atoms with van der Waals surface area (Å²) in [5.41, 5.74) is 2.64. The lowest BCUT2D eigenvalue weighted by molar-refractivity contribution is 1.56. The van der Waals surface area contributed by atoms with Gasteiger partial charge in [-0.3, -0.25) is 0 Å². The smallest absolute Gasteiger partial charge is 0.0510 e. The van der Waals surface area contributed by atoms with Gasteiger partial charge in [-0.25, -0.2) is 0 Å². The molecule has 0 bridgehead atoms. The number of thiophene rings is 1. The van der Waals surface area contributed by atoms with Crippen LogP contribution in [0.3, 0.4) is 0 Å². The monoisotopic (exact) mass is 210 g/mol. The van der Waals surface area contributed by atoms with Gasteiger partial charge in [0.05, 0.1) is 5.39 Å². The highest BCUT2D eigenvalue weighted by molar-refractivity contribution is 7.26. The van der Waals surface area contributed by atoms with Crippen LogP contribution >= 0.6 is 11.3 Å². The van der Waals surface area contributed by atoms with Gasteiger partial charge in [0.15, 0.2) is 0 Å². The predicted molar refractivity (Wildman–Crippen MR) is 66.5 cm³/mol. The van der Waals surface area contributed by atoms with E-state index in [1.807, 2.05) is 17.4 Å². The molecule has 0 atom stereocenters. The number of rotatable bonds is 0. The maximum atomic E-state index is 3.23. The number of hydrogen-bond donors (Lipinski definition) is 0. The van der Waals surface area contributed by atoms with Gasteiger partial charge < -0.3 is 0 Å². The lowest BCUT2D eigenvalue weighted by Gasteiger charge is -1.92. The van der Waals surface area contributed by atoms with E-state index >= 15 is 0 Å². The zero-order valence-corrected chi connectivity index (χ0v) is 9.53. The fourth-order valence-electron chi connectivity index (χ4n) is 1.94. The molecule has 0 saturated carbocycles. The van der Waals surface area contributed by atoms with Crippen molar-refractivity contribution in [2.45, 2.75) is 13.8 Å². The normalized spacial score (nSPS) is 10.8. The van der Waals surface area contributed by atoms with Crippen LogP contribution in [0.2, 0.25) is 0 Å². The molecule has 1 heteroatoms. The highest BCUT2D eigenvalue weighted by Gasteiger charge is 2.07. The Balaban J connectivity index is 2.63. The molecule has 15 heavy (non-hydrogen) atoms. The Morgan fingerprint density at radius 2 is 1.93 bits per heavy atom. The molecule has 0 saturated heterocycles. The molecule has 0 aliphatic heterocycles. The Bertz CT molecular complexity index is 591. The van der Waals surface area contributed by atoms with E-state index in [1.165, 1.54) is 31.3 Å². The summed E-state index contributed by atoms with van der Waals surface area (Å²) in [5, 5.41) is 2.54. The van der Waals surface area contributed by atoms with Crippen LogP contribution in [0.4, 0.5) is 0 Å². The molecule has 2 aromatic carbocycles. The maximum absolute atomic E-state index is 3.23. The molecule has 72 valence electrons. The van der Waals surface area contributed by atoms with Crippen molar-refractivity contribution in [2.75, 3.05) is 0 Å². The van der Waals surface area contributed by atoms with Crippen molar-refractivity contribution in [2.24, 2.45) is 0 Å². The number of aryl methyl sites for hydroxylation is 2. The lowest BCUT2D eigenvalue weighted by atomic mass is 10.1. The molecule has 0 N–H and O–H groups in total. The molecule has 0 aliphatic rings. The fraction of sp³-hybridized carbons (Fsp3) is 0.143. The van der Waals surface area contributed by atoms with Crippen LogP contribution in [0.15, 0.2) is 24.3 Å². The minimum absolute atomic E-state index is 1.22. The Kier molecular flexibility index (Phi) is 1.74. The quantitative estimate of drug-likeness (QED) is 0.519. The van der Waals surface area contributed by atoms with Gasteiger partial charge in [0.25, 0.3) is 0 Å². The molecule has 3 aromatic rings. The molecule has 0 spiro atoms. The summed E-state index contributed by atoms with van der Waals surface area (Å²) < 4.78 is 2.73. The molecule has 1 heterocycles. The molecule has 0 amide bonds. The zero-order valence-electron chi connectivity index (χ0n) is 8.72. The summed E-state index contributed by atoms with van der Waals surface area (Å²) in [6.45, 7) is 4.30. The summed E-state index contributed by atoms with van der Waals surface area (Å²) in [5.74, 6) is 0. The lowest BCUT2D eigenvalue weighted by Crippen LogP contribution is -1.70. The molecule has 0 unspecified atom stereocenters. The average Bonchev–Trinajstić information content (AvgIpc) is 2.60. The second-order valence-electron chi connectivity index (χ2n) is 3.85. The molecule has 3 rings (SSSR count). The van der Waals surface area contributed by atoms with Crippen LogP contribution in [0.25, 0.3) is 20.2 Å². The largest absolute Gasteiger partial charge is 0.134 e. The molecular formula is C14H10S. The summed E-state index contributed by atoms with van der Waals surface area (Å²) in [4.78, 5) is 0. The van der Waals surface area contributed by atoms with Gasteiger partial charge in [0.1, 0.15) is 0 Å². The second-order valence-corrected chi connectivity index (χ2v) is 4.88. The first-order chi connectivity index (χ1) is 7.27. The Labute approximate surface area is 93.2 Å². The van der Waals surface area contributed by atoms with Gasteiger partial charge in [-0.2, -0.15) is 0 Å². The van der Waals surface area contributed by atoms with Crippen molar-refractivity contribution >= 4 is 31.5 Å². The molecule has 0 nitrogen and oxygen atoms in total. The summed E-state index contributed by atoms with van der Waals surface area (Å²) in [6, 6.07) is 14.8. The van der Waals surface area contributed by atoms with Crippen LogP contribution < -0.4 is 0 Å². The van der Waals surface area contributed by atoms with Crippen molar-refractivity contribution in [3.05, 3.63) is 47.5 Å². The third-order valence-electron chi connectivity index (χ3n) is 2.76. The highest BCUT2D eigenvalue weighted by atomic mass is 32.1. The van der Waals surface area contributed by atoms with Gasteiger partial charge >= 0.3 is 0 Å². The first-order valence-corrected chi connectivity index (χ1v) is 5.80. The Morgan fingerprint density at radius 3 is 2.80 bits per heavy atom. The van der Waals surface area contributed by atoms with Crippen LogP contribution in [0, 0.1) is 26.0 Å². The third-order valence-corrected chi connectivity index (χ3v) is 4.23.